The van der Waals surface area contributed by atoms with Crippen molar-refractivity contribution in [1.29, 1.82) is 0 Å². The highest BCUT2D eigenvalue weighted by Crippen LogP contribution is 2.69. The number of rotatable bonds is 4. The van der Waals surface area contributed by atoms with E-state index in [0.717, 1.165) is 32.1 Å². The van der Waals surface area contributed by atoms with Gasteiger partial charge in [0.05, 0.1) is 5.60 Å². The van der Waals surface area contributed by atoms with Crippen LogP contribution in [-0.4, -0.2) is 52.4 Å². The number of carbonyl (C=O) groups is 3. The minimum Gasteiger partial charge on any atom is -0.463 e. The molecule has 0 bridgehead atoms. The molecular weight excluding hydrogens is 412 g/mol. The molecule has 4 aliphatic carbocycles. The van der Waals surface area contributed by atoms with Gasteiger partial charge in [-0.3, -0.25) is 14.4 Å². The van der Waals surface area contributed by atoms with Gasteiger partial charge in [0.2, 0.25) is 0 Å². The molecule has 0 aliphatic heterocycles. The molecule has 4 rings (SSSR count). The van der Waals surface area contributed by atoms with Crippen LogP contribution in [0, 0.1) is 34.5 Å². The molecule has 0 heterocycles. The molecule has 7 nitrogen and oxygen atoms in total. The van der Waals surface area contributed by atoms with Gasteiger partial charge in [0.15, 0.2) is 5.78 Å². The van der Waals surface area contributed by atoms with Crippen LogP contribution in [0.25, 0.3) is 0 Å². The second-order valence-electron chi connectivity index (χ2n) is 11.3. The first-order valence-electron chi connectivity index (χ1n) is 12.2. The Kier molecular flexibility index (Phi) is 5.98. The molecule has 9 atom stereocenters. The number of aliphatic hydroxyl groups is 2. The fraction of sp³-hybridized carbons (Fsp3) is 0.880. The van der Waals surface area contributed by atoms with Crippen LogP contribution in [0.1, 0.15) is 79.1 Å². The molecule has 0 radical (unpaired) electrons. The molecule has 0 spiro atoms. The lowest BCUT2D eigenvalue weighted by Gasteiger charge is -2.65. The highest BCUT2D eigenvalue weighted by Gasteiger charge is 2.72. The molecule has 0 aromatic heterocycles. The number of fused-ring (bicyclic) bond motifs is 5. The number of Topliss-reactive ketones (excluding diaryl/α,β-unsaturated/α-hetero) is 1. The number of ether oxygens (including phenoxy) is 2. The van der Waals surface area contributed by atoms with Crippen LogP contribution in [0.3, 0.4) is 0 Å². The van der Waals surface area contributed by atoms with Crippen LogP contribution in [-0.2, 0) is 23.9 Å². The van der Waals surface area contributed by atoms with Crippen molar-refractivity contribution in [3.05, 3.63) is 0 Å². The predicted molar refractivity (Wildman–Crippen MR) is 115 cm³/mol. The van der Waals surface area contributed by atoms with Crippen LogP contribution < -0.4 is 0 Å². The lowest BCUT2D eigenvalue weighted by atomic mass is 9.42. The summed E-state index contributed by atoms with van der Waals surface area (Å²) in [5, 5.41) is 21.8. The van der Waals surface area contributed by atoms with Crippen LogP contribution >= 0.6 is 0 Å². The molecule has 0 amide bonds. The molecule has 180 valence electrons. The van der Waals surface area contributed by atoms with E-state index in [-0.39, 0.29) is 35.1 Å². The topological polar surface area (TPSA) is 110 Å². The van der Waals surface area contributed by atoms with E-state index in [0.29, 0.717) is 25.2 Å². The predicted octanol–water partition coefficient (Wildman–Crippen LogP) is 2.79. The molecule has 7 heteroatoms. The zero-order chi connectivity index (χ0) is 23.5. The van der Waals surface area contributed by atoms with E-state index < -0.39 is 35.6 Å². The van der Waals surface area contributed by atoms with Crippen molar-refractivity contribution in [3.8, 4) is 0 Å². The maximum atomic E-state index is 12.7. The molecule has 4 fully saturated rings. The lowest BCUT2D eigenvalue weighted by Crippen LogP contribution is -2.68. The van der Waals surface area contributed by atoms with Gasteiger partial charge in [-0.15, -0.1) is 0 Å². The third-order valence-electron chi connectivity index (χ3n) is 10.1. The largest absolute Gasteiger partial charge is 0.463 e. The summed E-state index contributed by atoms with van der Waals surface area (Å²) < 4.78 is 11.4. The van der Waals surface area contributed by atoms with E-state index >= 15 is 0 Å². The molecule has 2 unspecified atom stereocenters. The molecule has 4 saturated carbocycles. The van der Waals surface area contributed by atoms with E-state index in [1.54, 1.807) is 0 Å². The van der Waals surface area contributed by atoms with Gasteiger partial charge < -0.3 is 19.7 Å². The van der Waals surface area contributed by atoms with Gasteiger partial charge in [-0.05, 0) is 74.5 Å². The van der Waals surface area contributed by atoms with Crippen molar-refractivity contribution >= 4 is 17.7 Å². The second kappa shape index (κ2) is 8.08. The summed E-state index contributed by atoms with van der Waals surface area (Å²) in [5.41, 5.74) is -2.07. The number of ketones is 1. The quantitative estimate of drug-likeness (QED) is 0.634. The van der Waals surface area contributed by atoms with Gasteiger partial charge in [0, 0.05) is 25.2 Å². The van der Waals surface area contributed by atoms with Crippen molar-refractivity contribution in [3.63, 3.8) is 0 Å². The SMILES string of the molecule is CC(=O)O[C@H]1CC[C@]2(C)C3C[C@@H](OC(C)=O)[C@]4(C)[C@@H](C(=O)CO)CC[C@]4(O)C3CC[C@@H]2C1. The lowest BCUT2D eigenvalue weighted by molar-refractivity contribution is -0.252. The monoisotopic (exact) mass is 450 g/mol. The van der Waals surface area contributed by atoms with E-state index in [4.69, 9.17) is 9.47 Å². The Labute approximate surface area is 190 Å². The van der Waals surface area contributed by atoms with Crippen LogP contribution in [0.5, 0.6) is 0 Å². The first-order valence-corrected chi connectivity index (χ1v) is 12.2. The van der Waals surface area contributed by atoms with E-state index in [2.05, 4.69) is 6.92 Å². The molecule has 0 aromatic rings. The second-order valence-corrected chi connectivity index (χ2v) is 11.3. The number of hydrogen-bond donors (Lipinski definition) is 2. The summed E-state index contributed by atoms with van der Waals surface area (Å²) in [5.74, 6) is -0.893. The first kappa shape index (κ1) is 23.7. The Balaban J connectivity index is 1.69. The van der Waals surface area contributed by atoms with Crippen molar-refractivity contribution in [2.24, 2.45) is 34.5 Å². The minimum absolute atomic E-state index is 0.0160. The Morgan fingerprint density at radius 2 is 1.59 bits per heavy atom. The summed E-state index contributed by atoms with van der Waals surface area (Å²) in [6.45, 7) is 6.46. The number of carbonyl (C=O) groups excluding carboxylic acids is 3. The highest BCUT2D eigenvalue weighted by molar-refractivity contribution is 5.83. The fourth-order valence-electron chi connectivity index (χ4n) is 8.48. The van der Waals surface area contributed by atoms with Gasteiger partial charge in [-0.2, -0.15) is 0 Å². The molecule has 4 aliphatic rings. The Morgan fingerprint density at radius 1 is 0.906 bits per heavy atom. The molecular formula is C25H38O7. The first-order chi connectivity index (χ1) is 15.0. The Bertz CT molecular complexity index is 795. The van der Waals surface area contributed by atoms with E-state index in [9.17, 15) is 24.6 Å². The fourth-order valence-corrected chi connectivity index (χ4v) is 8.48. The highest BCUT2D eigenvalue weighted by atomic mass is 16.5. The van der Waals surface area contributed by atoms with Gasteiger partial charge in [-0.25, -0.2) is 0 Å². The van der Waals surface area contributed by atoms with Gasteiger partial charge in [0.1, 0.15) is 18.8 Å². The van der Waals surface area contributed by atoms with Gasteiger partial charge >= 0.3 is 11.9 Å². The molecule has 0 aromatic carbocycles. The Morgan fingerprint density at radius 3 is 2.22 bits per heavy atom. The average Bonchev–Trinajstić information content (AvgIpc) is 3.00. The smallest absolute Gasteiger partial charge is 0.302 e. The molecule has 32 heavy (non-hydrogen) atoms. The third-order valence-corrected chi connectivity index (χ3v) is 10.1. The van der Waals surface area contributed by atoms with Crippen LogP contribution in [0.4, 0.5) is 0 Å². The van der Waals surface area contributed by atoms with Crippen LogP contribution in [0.2, 0.25) is 0 Å². The molecule has 0 saturated heterocycles. The zero-order valence-corrected chi connectivity index (χ0v) is 19.8. The number of hydrogen-bond acceptors (Lipinski definition) is 7. The maximum absolute atomic E-state index is 12.7. The Hall–Kier alpha value is -1.47. The number of aliphatic hydroxyl groups excluding tert-OH is 1. The normalized spacial score (nSPS) is 47.6. The summed E-state index contributed by atoms with van der Waals surface area (Å²) in [6.07, 6.45) is 5.30. The average molecular weight is 451 g/mol. The van der Waals surface area contributed by atoms with E-state index in [1.165, 1.54) is 13.8 Å². The van der Waals surface area contributed by atoms with Crippen molar-refractivity contribution < 1.29 is 34.1 Å². The third kappa shape index (κ3) is 3.33. The van der Waals surface area contributed by atoms with Gasteiger partial charge in [-0.1, -0.05) is 13.8 Å². The minimum atomic E-state index is -1.12. The molecule has 2 N–H and O–H groups in total. The zero-order valence-electron chi connectivity index (χ0n) is 19.8. The van der Waals surface area contributed by atoms with Crippen LogP contribution in [0.15, 0.2) is 0 Å². The standard InChI is InChI=1S/C25H38O7/c1-14(27)31-17-7-9-23(3)16(11-17)5-6-18-20(23)12-22(32-15(2)28)24(4)19(21(29)13-26)8-10-25(18,24)30/h16-20,22,26,30H,5-13H2,1-4H3/t16-,17+,18?,19-,20?,22-,23+,24+,25+/m1/s1. The summed E-state index contributed by atoms with van der Waals surface area (Å²) in [7, 11) is 0. The summed E-state index contributed by atoms with van der Waals surface area (Å²) in [4.78, 5) is 36.2. The van der Waals surface area contributed by atoms with E-state index in [1.807, 2.05) is 6.92 Å². The summed E-state index contributed by atoms with van der Waals surface area (Å²) in [6, 6.07) is 0. The van der Waals surface area contributed by atoms with Crippen molar-refractivity contribution in [2.75, 3.05) is 6.61 Å². The van der Waals surface area contributed by atoms with Crippen molar-refractivity contribution in [2.45, 2.75) is 96.9 Å². The maximum Gasteiger partial charge on any atom is 0.302 e. The van der Waals surface area contributed by atoms with Crippen molar-refractivity contribution in [1.82, 2.24) is 0 Å². The van der Waals surface area contributed by atoms with Gasteiger partial charge in [0.25, 0.3) is 0 Å². The summed E-state index contributed by atoms with van der Waals surface area (Å²) >= 11 is 0. The number of esters is 2.